The first kappa shape index (κ1) is 31.4. The maximum absolute atomic E-state index is 13.6. The quantitative estimate of drug-likeness (QED) is 0.378. The maximum atomic E-state index is 13.6. The van der Waals surface area contributed by atoms with Crippen molar-refractivity contribution in [2.24, 2.45) is 11.3 Å². The molecule has 12 nitrogen and oxygen atoms in total. The Labute approximate surface area is 257 Å². The summed E-state index contributed by atoms with van der Waals surface area (Å²) in [4.78, 5) is 58.4. The first-order valence-electron chi connectivity index (χ1n) is 15.4. The molecule has 2 saturated heterocycles. The van der Waals surface area contributed by atoms with Gasteiger partial charge in [0.15, 0.2) is 6.10 Å². The first-order chi connectivity index (χ1) is 21.0. The van der Waals surface area contributed by atoms with Crippen molar-refractivity contribution in [3.8, 4) is 0 Å². The number of benzene rings is 1. The largest absolute Gasteiger partial charge is 0.452 e. The van der Waals surface area contributed by atoms with E-state index in [1.165, 1.54) is 5.01 Å². The van der Waals surface area contributed by atoms with Gasteiger partial charge in [-0.1, -0.05) is 24.3 Å². The SMILES string of the molecule is C[C@@H]1NC(=O)[C@H](CC2CCCNC2)OC(=O)C(C)(C)/C=C/c2ccc3ccc(nc3c2)N(C)NC(=O)[C@@H]2CCCN(N2)C1=O. The molecule has 1 aromatic heterocycles. The van der Waals surface area contributed by atoms with Gasteiger partial charge in [0.25, 0.3) is 17.7 Å². The number of anilines is 1. The van der Waals surface area contributed by atoms with Crippen LogP contribution < -0.4 is 26.5 Å². The van der Waals surface area contributed by atoms with E-state index in [9.17, 15) is 19.2 Å². The Morgan fingerprint density at radius 2 is 1.84 bits per heavy atom. The number of pyridine rings is 1. The van der Waals surface area contributed by atoms with E-state index in [0.29, 0.717) is 31.6 Å². The van der Waals surface area contributed by atoms with Crippen molar-refractivity contribution in [1.29, 1.82) is 0 Å². The molecule has 1 aromatic carbocycles. The summed E-state index contributed by atoms with van der Waals surface area (Å²) in [5.74, 6) is -1.03. The van der Waals surface area contributed by atoms with Crippen LogP contribution in [0.3, 0.4) is 0 Å². The molecule has 4 heterocycles. The molecular weight excluding hydrogens is 562 g/mol. The van der Waals surface area contributed by atoms with Crippen molar-refractivity contribution in [3.63, 3.8) is 0 Å². The van der Waals surface area contributed by atoms with Crippen LogP contribution in [0.2, 0.25) is 0 Å². The number of carbonyl (C=O) groups excluding carboxylic acids is 4. The molecule has 5 rings (SSSR count). The molecular formula is C32H43N7O5. The number of amides is 3. The highest BCUT2D eigenvalue weighted by atomic mass is 16.5. The van der Waals surface area contributed by atoms with Gasteiger partial charge in [0.1, 0.15) is 17.9 Å². The number of hydrazine groups is 2. The minimum atomic E-state index is -1.06. The van der Waals surface area contributed by atoms with Crippen molar-refractivity contribution in [3.05, 3.63) is 42.0 Å². The van der Waals surface area contributed by atoms with Gasteiger partial charge in [-0.15, -0.1) is 0 Å². The lowest BCUT2D eigenvalue weighted by Gasteiger charge is -2.35. The number of rotatable bonds is 2. The number of nitrogens with one attached hydrogen (secondary N) is 4. The molecule has 12 heteroatoms. The molecule has 3 aliphatic rings. The molecule has 4 N–H and O–H groups in total. The Hall–Kier alpha value is -4.03. The van der Waals surface area contributed by atoms with Crippen molar-refractivity contribution in [2.45, 2.75) is 71.1 Å². The standard InChI is InChI=1S/C32H43N7O5/c1-20-30(42)39-16-6-8-24(36-39)28(40)37-38(4)27-12-11-23-10-9-21(17-25(23)35-27)13-14-32(2,3)31(43)44-26(29(41)34-20)18-22-7-5-15-33-19-22/h9-14,17,20,22,24,26,33,36H,5-8,15-16,18-19H2,1-4H3,(H,34,41)(H,37,40)/b14-13+/t20-,22?,24-,26-/m0/s1. The summed E-state index contributed by atoms with van der Waals surface area (Å²) in [5, 5.41) is 9.98. The van der Waals surface area contributed by atoms with E-state index in [4.69, 9.17) is 9.72 Å². The van der Waals surface area contributed by atoms with Crippen LogP contribution in [-0.4, -0.2) is 78.6 Å². The molecule has 0 spiro atoms. The number of hydrogen-bond acceptors (Lipinski definition) is 9. The van der Waals surface area contributed by atoms with Gasteiger partial charge in [-0.25, -0.2) is 10.4 Å². The summed E-state index contributed by atoms with van der Waals surface area (Å²) in [7, 11) is 1.71. The lowest BCUT2D eigenvalue weighted by Crippen LogP contribution is -2.62. The van der Waals surface area contributed by atoms with Crippen molar-refractivity contribution >= 4 is 46.5 Å². The number of cyclic esters (lactones) is 1. The fourth-order valence-corrected chi connectivity index (χ4v) is 5.74. The molecule has 2 fully saturated rings. The summed E-state index contributed by atoms with van der Waals surface area (Å²) in [6.07, 6.45) is 5.92. The van der Waals surface area contributed by atoms with Gasteiger partial charge in [0, 0.05) is 19.0 Å². The van der Waals surface area contributed by atoms with Gasteiger partial charge in [-0.2, -0.15) is 0 Å². The highest BCUT2D eigenvalue weighted by Crippen LogP contribution is 2.26. The second-order valence-corrected chi connectivity index (χ2v) is 12.6. The summed E-state index contributed by atoms with van der Waals surface area (Å²) in [6.45, 7) is 7.13. The van der Waals surface area contributed by atoms with Gasteiger partial charge < -0.3 is 15.4 Å². The average molecular weight is 606 g/mol. The molecule has 3 amide bonds. The first-order valence-corrected chi connectivity index (χ1v) is 15.4. The third-order valence-electron chi connectivity index (χ3n) is 8.53. The van der Waals surface area contributed by atoms with E-state index < -0.39 is 35.5 Å². The van der Waals surface area contributed by atoms with Gasteiger partial charge in [0.05, 0.1) is 10.9 Å². The van der Waals surface area contributed by atoms with Crippen LogP contribution in [0, 0.1) is 11.3 Å². The number of carbonyl (C=O) groups is 4. The molecule has 0 radical (unpaired) electrons. The Kier molecular flexibility index (Phi) is 9.50. The minimum Gasteiger partial charge on any atom is -0.452 e. The fraction of sp³-hybridized carbons (Fsp3) is 0.531. The molecule has 5 bridgehead atoms. The van der Waals surface area contributed by atoms with Gasteiger partial charge in [-0.3, -0.25) is 34.6 Å². The lowest BCUT2D eigenvalue weighted by atomic mass is 9.91. The van der Waals surface area contributed by atoms with Crippen LogP contribution in [0.1, 0.15) is 58.4 Å². The van der Waals surface area contributed by atoms with E-state index in [0.717, 1.165) is 42.4 Å². The molecule has 1 unspecified atom stereocenters. The van der Waals surface area contributed by atoms with E-state index in [2.05, 4.69) is 21.5 Å². The van der Waals surface area contributed by atoms with E-state index in [1.807, 2.05) is 36.4 Å². The Morgan fingerprint density at radius 3 is 2.61 bits per heavy atom. The number of aromatic nitrogens is 1. The third kappa shape index (κ3) is 7.36. The number of hydrogen-bond donors (Lipinski definition) is 4. The molecule has 4 atom stereocenters. The van der Waals surface area contributed by atoms with Crippen LogP contribution in [0.5, 0.6) is 0 Å². The van der Waals surface area contributed by atoms with Gasteiger partial charge in [0.2, 0.25) is 0 Å². The Bertz CT molecular complexity index is 1440. The van der Waals surface area contributed by atoms with Gasteiger partial charge >= 0.3 is 5.97 Å². The zero-order valence-electron chi connectivity index (χ0n) is 25.9. The summed E-state index contributed by atoms with van der Waals surface area (Å²) in [6, 6.07) is 7.98. The Balaban J connectivity index is 1.47. The zero-order valence-corrected chi connectivity index (χ0v) is 25.9. The number of ether oxygens (including phenoxy) is 1. The molecule has 0 aliphatic carbocycles. The molecule has 2 aromatic rings. The Morgan fingerprint density at radius 1 is 1.05 bits per heavy atom. The predicted octanol–water partition coefficient (Wildman–Crippen LogP) is 2.06. The summed E-state index contributed by atoms with van der Waals surface area (Å²) >= 11 is 0. The molecule has 0 saturated carbocycles. The number of nitrogens with zero attached hydrogens (tertiary/aromatic N) is 3. The molecule has 44 heavy (non-hydrogen) atoms. The van der Waals surface area contributed by atoms with E-state index in [1.54, 1.807) is 38.9 Å². The fourth-order valence-electron chi connectivity index (χ4n) is 5.74. The summed E-state index contributed by atoms with van der Waals surface area (Å²) in [5.41, 5.74) is 6.41. The van der Waals surface area contributed by atoms with Crippen LogP contribution in [0.4, 0.5) is 5.82 Å². The number of esters is 1. The second kappa shape index (κ2) is 13.3. The topological polar surface area (TPSA) is 145 Å². The third-order valence-corrected chi connectivity index (χ3v) is 8.53. The number of piperidine rings is 1. The van der Waals surface area contributed by atoms with Crippen LogP contribution in [-0.2, 0) is 23.9 Å². The van der Waals surface area contributed by atoms with E-state index in [-0.39, 0.29) is 17.7 Å². The zero-order chi connectivity index (χ0) is 31.4. The minimum absolute atomic E-state index is 0.155. The van der Waals surface area contributed by atoms with Crippen LogP contribution in [0.15, 0.2) is 36.4 Å². The normalized spacial score (nSPS) is 27.8. The number of fused-ring (bicyclic) bond motifs is 4. The molecule has 3 aliphatic heterocycles. The monoisotopic (exact) mass is 605 g/mol. The highest BCUT2D eigenvalue weighted by Gasteiger charge is 2.36. The van der Waals surface area contributed by atoms with Crippen molar-refractivity contribution in [2.75, 3.05) is 31.7 Å². The van der Waals surface area contributed by atoms with Crippen molar-refractivity contribution < 1.29 is 23.9 Å². The maximum Gasteiger partial charge on any atom is 0.316 e. The predicted molar refractivity (Wildman–Crippen MR) is 167 cm³/mol. The summed E-state index contributed by atoms with van der Waals surface area (Å²) < 4.78 is 5.91. The van der Waals surface area contributed by atoms with E-state index >= 15 is 0 Å². The highest BCUT2D eigenvalue weighted by molar-refractivity contribution is 5.91. The lowest BCUT2D eigenvalue weighted by molar-refractivity contribution is -0.163. The van der Waals surface area contributed by atoms with Gasteiger partial charge in [-0.05, 0) is 95.6 Å². The van der Waals surface area contributed by atoms with Crippen molar-refractivity contribution in [1.82, 2.24) is 31.5 Å². The van der Waals surface area contributed by atoms with Crippen LogP contribution in [0.25, 0.3) is 17.0 Å². The second-order valence-electron chi connectivity index (χ2n) is 12.6. The van der Waals surface area contributed by atoms with Crippen LogP contribution >= 0.6 is 0 Å². The molecule has 236 valence electrons. The average Bonchev–Trinajstić information content (AvgIpc) is 3.02. The smallest absolute Gasteiger partial charge is 0.316 e.